The number of rotatable bonds is 6. The zero-order valence-corrected chi connectivity index (χ0v) is 20.0. The molecule has 4 heterocycles. The first-order valence-electron chi connectivity index (χ1n) is 11.1. The number of hydrogen-bond acceptors (Lipinski definition) is 7. The Labute approximate surface area is 191 Å². The SMILES string of the molecule is CCN(C)C1CCc2nc(-c3[nH]nc(-c4cc(OC)c5ncnn5c4)c3C(C)C)sc2C1. The molecule has 0 amide bonds. The molecule has 1 N–H and O–H groups in total. The van der Waals surface area contributed by atoms with Crippen LogP contribution in [-0.4, -0.2) is 61.4 Å². The number of nitrogens with one attached hydrogen (secondary N) is 1. The first-order valence-corrected chi connectivity index (χ1v) is 12.0. The third kappa shape index (κ3) is 3.49. The summed E-state index contributed by atoms with van der Waals surface area (Å²) in [6.07, 6.45) is 6.77. The Bertz CT molecular complexity index is 1250. The van der Waals surface area contributed by atoms with Crippen LogP contribution in [0.25, 0.3) is 27.6 Å². The number of aromatic nitrogens is 6. The second-order valence-corrected chi connectivity index (χ2v) is 9.78. The zero-order chi connectivity index (χ0) is 22.4. The van der Waals surface area contributed by atoms with Crippen molar-refractivity contribution in [3.8, 4) is 27.7 Å². The molecular weight excluding hydrogens is 422 g/mol. The topological polar surface area (TPSA) is 84.2 Å². The first-order chi connectivity index (χ1) is 15.5. The van der Waals surface area contributed by atoms with Gasteiger partial charge in [-0.05, 0) is 44.8 Å². The molecule has 4 aromatic heterocycles. The molecule has 0 aliphatic heterocycles. The van der Waals surface area contributed by atoms with Crippen molar-refractivity contribution in [2.45, 2.75) is 52.0 Å². The molecule has 0 radical (unpaired) electrons. The van der Waals surface area contributed by atoms with Gasteiger partial charge in [-0.1, -0.05) is 20.8 Å². The maximum Gasteiger partial charge on any atom is 0.197 e. The van der Waals surface area contributed by atoms with Crippen molar-refractivity contribution in [2.75, 3.05) is 20.7 Å². The van der Waals surface area contributed by atoms with E-state index in [9.17, 15) is 0 Å². The Hall–Kier alpha value is -2.78. The second-order valence-electron chi connectivity index (χ2n) is 8.70. The Balaban J connectivity index is 1.56. The van der Waals surface area contributed by atoms with E-state index in [0.717, 1.165) is 41.3 Å². The van der Waals surface area contributed by atoms with E-state index < -0.39 is 0 Å². The van der Waals surface area contributed by atoms with Crippen molar-refractivity contribution < 1.29 is 4.74 Å². The summed E-state index contributed by atoms with van der Waals surface area (Å²) < 4.78 is 7.29. The van der Waals surface area contributed by atoms with Crippen LogP contribution in [-0.2, 0) is 12.8 Å². The Morgan fingerprint density at radius 1 is 1.38 bits per heavy atom. The summed E-state index contributed by atoms with van der Waals surface area (Å²) in [4.78, 5) is 13.2. The predicted molar refractivity (Wildman–Crippen MR) is 126 cm³/mol. The van der Waals surface area contributed by atoms with Gasteiger partial charge in [-0.15, -0.1) is 11.3 Å². The van der Waals surface area contributed by atoms with Crippen LogP contribution < -0.4 is 4.74 Å². The quantitative estimate of drug-likeness (QED) is 0.473. The fourth-order valence-corrected chi connectivity index (χ4v) is 5.76. The molecule has 1 aliphatic rings. The largest absolute Gasteiger partial charge is 0.493 e. The van der Waals surface area contributed by atoms with Crippen LogP contribution in [0.3, 0.4) is 0 Å². The van der Waals surface area contributed by atoms with Crippen LogP contribution in [0.4, 0.5) is 0 Å². The molecular formula is C23H29N7OS. The van der Waals surface area contributed by atoms with Gasteiger partial charge >= 0.3 is 0 Å². The van der Waals surface area contributed by atoms with Crippen LogP contribution in [0.2, 0.25) is 0 Å². The van der Waals surface area contributed by atoms with E-state index in [1.54, 1.807) is 11.6 Å². The van der Waals surface area contributed by atoms with Gasteiger partial charge in [0.2, 0.25) is 0 Å². The van der Waals surface area contributed by atoms with Crippen LogP contribution in [0, 0.1) is 0 Å². The van der Waals surface area contributed by atoms with Gasteiger partial charge in [0, 0.05) is 28.2 Å². The molecule has 1 unspecified atom stereocenters. The standard InChI is InChI=1S/C23H29N7OS/c1-6-29(4)15-7-8-16-18(10-15)32-23(26-16)21-19(13(2)3)20(27-28-21)14-9-17(31-5)22-24-12-25-30(22)11-14/h9,11-13,15H,6-8,10H2,1-5H3,(H,27,28). The normalized spacial score (nSPS) is 16.3. The Morgan fingerprint density at radius 2 is 2.22 bits per heavy atom. The summed E-state index contributed by atoms with van der Waals surface area (Å²) in [5.74, 6) is 0.950. The summed E-state index contributed by atoms with van der Waals surface area (Å²) in [6.45, 7) is 7.69. The summed E-state index contributed by atoms with van der Waals surface area (Å²) in [7, 11) is 3.87. The molecule has 0 bridgehead atoms. The van der Waals surface area contributed by atoms with E-state index in [2.05, 4.69) is 47.9 Å². The number of aromatic amines is 1. The number of fused-ring (bicyclic) bond motifs is 2. The minimum atomic E-state index is 0.274. The highest BCUT2D eigenvalue weighted by molar-refractivity contribution is 7.15. The van der Waals surface area contributed by atoms with Crippen molar-refractivity contribution >= 4 is 17.0 Å². The highest BCUT2D eigenvalue weighted by Crippen LogP contribution is 2.40. The second kappa shape index (κ2) is 8.29. The fourth-order valence-electron chi connectivity index (χ4n) is 4.57. The van der Waals surface area contributed by atoms with Crippen LogP contribution in [0.5, 0.6) is 5.75 Å². The van der Waals surface area contributed by atoms with E-state index in [0.29, 0.717) is 17.4 Å². The van der Waals surface area contributed by atoms with E-state index in [4.69, 9.17) is 14.8 Å². The molecule has 5 rings (SSSR count). The number of H-pyrrole nitrogens is 1. The Kier molecular flexibility index (Phi) is 5.46. The summed E-state index contributed by atoms with van der Waals surface area (Å²) >= 11 is 1.81. The van der Waals surface area contributed by atoms with Gasteiger partial charge in [-0.3, -0.25) is 5.10 Å². The minimum absolute atomic E-state index is 0.274. The van der Waals surface area contributed by atoms with Crippen molar-refractivity contribution in [1.29, 1.82) is 0 Å². The molecule has 9 heteroatoms. The molecule has 32 heavy (non-hydrogen) atoms. The predicted octanol–water partition coefficient (Wildman–Crippen LogP) is 4.18. The van der Waals surface area contributed by atoms with Crippen LogP contribution in [0.15, 0.2) is 18.6 Å². The van der Waals surface area contributed by atoms with Crippen LogP contribution in [0.1, 0.15) is 49.2 Å². The van der Waals surface area contributed by atoms with Crippen molar-refractivity contribution in [2.24, 2.45) is 0 Å². The number of aryl methyl sites for hydroxylation is 1. The molecule has 0 saturated heterocycles. The summed E-state index contributed by atoms with van der Waals surface area (Å²) in [5.41, 5.74) is 5.98. The van der Waals surface area contributed by atoms with Crippen molar-refractivity contribution in [3.63, 3.8) is 0 Å². The monoisotopic (exact) mass is 451 g/mol. The number of hydrogen-bond donors (Lipinski definition) is 1. The molecule has 0 fully saturated rings. The number of thiazole rings is 1. The average Bonchev–Trinajstić information content (AvgIpc) is 3.53. The maximum atomic E-state index is 5.56. The van der Waals surface area contributed by atoms with Gasteiger partial charge in [0.1, 0.15) is 11.3 Å². The van der Waals surface area contributed by atoms with E-state index in [1.807, 2.05) is 23.6 Å². The highest BCUT2D eigenvalue weighted by Gasteiger charge is 2.28. The lowest BCUT2D eigenvalue weighted by Crippen LogP contribution is -2.35. The zero-order valence-electron chi connectivity index (χ0n) is 19.2. The van der Waals surface area contributed by atoms with Gasteiger partial charge in [0.05, 0.1) is 24.2 Å². The first kappa shape index (κ1) is 21.1. The number of methoxy groups -OCH3 is 1. The van der Waals surface area contributed by atoms with E-state index in [-0.39, 0.29) is 5.92 Å². The molecule has 168 valence electrons. The van der Waals surface area contributed by atoms with Gasteiger partial charge in [0.15, 0.2) is 11.4 Å². The number of likely N-dealkylation sites (N-methyl/N-ethyl adjacent to an activating group) is 1. The molecule has 8 nitrogen and oxygen atoms in total. The molecule has 0 aromatic carbocycles. The number of nitrogens with zero attached hydrogens (tertiary/aromatic N) is 6. The van der Waals surface area contributed by atoms with Crippen LogP contribution >= 0.6 is 11.3 Å². The third-order valence-electron chi connectivity index (χ3n) is 6.47. The van der Waals surface area contributed by atoms with Gasteiger partial charge < -0.3 is 9.64 Å². The molecule has 1 aliphatic carbocycles. The lowest BCUT2D eigenvalue weighted by Gasteiger charge is -2.29. The van der Waals surface area contributed by atoms with Crippen molar-refractivity contribution in [1.82, 2.24) is 34.7 Å². The summed E-state index contributed by atoms with van der Waals surface area (Å²) in [5, 5.41) is 13.4. The van der Waals surface area contributed by atoms with Crippen molar-refractivity contribution in [3.05, 3.63) is 34.7 Å². The average molecular weight is 452 g/mol. The molecule has 4 aromatic rings. The molecule has 1 atom stereocenters. The van der Waals surface area contributed by atoms with E-state index in [1.165, 1.54) is 28.9 Å². The van der Waals surface area contributed by atoms with Gasteiger partial charge in [-0.25, -0.2) is 14.5 Å². The number of ether oxygens (including phenoxy) is 1. The molecule has 0 saturated carbocycles. The fraction of sp³-hybridized carbons (Fsp3) is 0.478. The van der Waals surface area contributed by atoms with Gasteiger partial charge in [-0.2, -0.15) is 10.2 Å². The highest BCUT2D eigenvalue weighted by atomic mass is 32.1. The maximum absolute atomic E-state index is 5.56. The van der Waals surface area contributed by atoms with Gasteiger partial charge in [0.25, 0.3) is 0 Å². The Morgan fingerprint density at radius 3 is 2.97 bits per heavy atom. The lowest BCUT2D eigenvalue weighted by molar-refractivity contribution is 0.233. The summed E-state index contributed by atoms with van der Waals surface area (Å²) in [6, 6.07) is 2.58. The lowest BCUT2D eigenvalue weighted by atomic mass is 9.96. The molecule has 0 spiro atoms. The van der Waals surface area contributed by atoms with E-state index >= 15 is 0 Å². The minimum Gasteiger partial charge on any atom is -0.493 e. The third-order valence-corrected chi connectivity index (χ3v) is 7.60. The smallest absolute Gasteiger partial charge is 0.197 e. The number of pyridine rings is 1.